The molecule has 38 heavy (non-hydrogen) atoms. The van der Waals surface area contributed by atoms with Gasteiger partial charge in [-0.1, -0.05) is 5.21 Å². The highest BCUT2D eigenvalue weighted by atomic mass is 19.4. The molecule has 220 valence electrons. The minimum atomic E-state index is -8.78. The third kappa shape index (κ3) is 4.43. The lowest BCUT2D eigenvalue weighted by Gasteiger charge is -2.42. The van der Waals surface area contributed by atoms with Crippen LogP contribution in [0.5, 0.6) is 0 Å². The summed E-state index contributed by atoms with van der Waals surface area (Å²) in [5.74, 6) is -62.3. The van der Waals surface area contributed by atoms with Crippen molar-refractivity contribution in [1.29, 1.82) is 0 Å². The quantitative estimate of drug-likeness (QED) is 0.343. The summed E-state index contributed by atoms with van der Waals surface area (Å²) in [5.41, 5.74) is -3.27. The summed E-state index contributed by atoms with van der Waals surface area (Å²) in [5, 5.41) is 22.6. The largest absolute Gasteiger partial charge is 0.476 e. The number of carbonyl (C=O) groups is 2. The van der Waals surface area contributed by atoms with E-state index in [9.17, 15) is 84.2 Å². The van der Waals surface area contributed by atoms with Crippen LogP contribution in [-0.2, 0) is 6.54 Å². The van der Waals surface area contributed by atoms with E-state index in [1.165, 1.54) is 0 Å². The van der Waals surface area contributed by atoms with Crippen molar-refractivity contribution in [3.8, 4) is 0 Å². The minimum Gasteiger partial charge on any atom is -0.476 e. The maximum atomic E-state index is 13.9. The van der Waals surface area contributed by atoms with Gasteiger partial charge in [0.15, 0.2) is 5.69 Å². The van der Waals surface area contributed by atoms with Crippen LogP contribution in [0.4, 0.5) is 74.6 Å². The molecule has 0 aliphatic rings. The third-order valence-electron chi connectivity index (χ3n) is 4.56. The van der Waals surface area contributed by atoms with Gasteiger partial charge in [-0.15, -0.1) is 5.10 Å². The summed E-state index contributed by atoms with van der Waals surface area (Å²) in [4.78, 5) is 21.7. The monoisotopic (exact) mass is 603 g/mol. The molecule has 0 spiro atoms. The first-order chi connectivity index (χ1) is 16.5. The van der Waals surface area contributed by atoms with Gasteiger partial charge in [-0.3, -0.25) is 0 Å². The molecule has 1 rings (SSSR count). The normalized spacial score (nSPS) is 15.1. The molecule has 24 heteroatoms. The van der Waals surface area contributed by atoms with Crippen molar-refractivity contribution in [2.75, 3.05) is 0 Å². The molecule has 1 heterocycles. The zero-order valence-corrected chi connectivity index (χ0v) is 16.9. The summed E-state index contributed by atoms with van der Waals surface area (Å²) in [6, 6.07) is 0. The van der Waals surface area contributed by atoms with E-state index >= 15 is 0 Å². The number of halogens is 17. The summed E-state index contributed by atoms with van der Waals surface area (Å²) >= 11 is 0. The van der Waals surface area contributed by atoms with Crippen molar-refractivity contribution in [2.24, 2.45) is 0 Å². The van der Waals surface area contributed by atoms with Gasteiger partial charge in [0.2, 0.25) is 5.69 Å². The molecule has 0 aliphatic heterocycles. The highest BCUT2D eigenvalue weighted by Gasteiger charge is 2.95. The molecule has 0 aromatic carbocycles. The number of hydrogen-bond acceptors (Lipinski definition) is 4. The fourth-order valence-corrected chi connectivity index (χ4v) is 2.42. The van der Waals surface area contributed by atoms with Gasteiger partial charge in [0, 0.05) is 13.0 Å². The Kier molecular flexibility index (Phi) is 7.78. The van der Waals surface area contributed by atoms with Crippen LogP contribution in [0.25, 0.3) is 0 Å². The Balaban J connectivity index is 3.54. The van der Waals surface area contributed by atoms with E-state index in [-0.39, 0.29) is 0 Å². The number of hydrogen-bond donors (Lipinski definition) is 2. The van der Waals surface area contributed by atoms with Gasteiger partial charge >= 0.3 is 59.6 Å². The van der Waals surface area contributed by atoms with Gasteiger partial charge in [-0.05, 0) is 0 Å². The van der Waals surface area contributed by atoms with Crippen molar-refractivity contribution >= 4 is 11.9 Å². The smallest absolute Gasteiger partial charge is 0.460 e. The number of aromatic nitrogens is 3. The summed E-state index contributed by atoms with van der Waals surface area (Å²) in [6.07, 6.45) is -10.9. The van der Waals surface area contributed by atoms with Crippen molar-refractivity contribution in [3.05, 3.63) is 11.4 Å². The number of rotatable bonds is 11. The van der Waals surface area contributed by atoms with Crippen LogP contribution in [0.3, 0.4) is 0 Å². The molecule has 0 saturated heterocycles. The first kappa shape index (κ1) is 32.9. The molecule has 0 amide bonds. The Morgan fingerprint density at radius 2 is 0.974 bits per heavy atom. The molecule has 0 fully saturated rings. The minimum absolute atomic E-state index is 0.515. The molecule has 1 aromatic rings. The molecule has 7 nitrogen and oxygen atoms in total. The summed E-state index contributed by atoms with van der Waals surface area (Å²) < 4.78 is 224. The summed E-state index contributed by atoms with van der Waals surface area (Å²) in [6.45, 7) is -2.15. The van der Waals surface area contributed by atoms with E-state index < -0.39 is 88.6 Å². The van der Waals surface area contributed by atoms with Crippen LogP contribution < -0.4 is 0 Å². The number of alkyl halides is 17. The second-order valence-electron chi connectivity index (χ2n) is 7.02. The Morgan fingerprint density at radius 3 is 1.32 bits per heavy atom. The average Bonchev–Trinajstić information content (AvgIpc) is 3.15. The van der Waals surface area contributed by atoms with Crippen LogP contribution in [-0.4, -0.2) is 84.8 Å². The molecule has 0 unspecified atom stereocenters. The van der Waals surface area contributed by atoms with Crippen LogP contribution in [0, 0.1) is 0 Å². The van der Waals surface area contributed by atoms with E-state index in [0.717, 1.165) is 0 Å². The predicted molar refractivity (Wildman–Crippen MR) is 79.2 cm³/mol. The second-order valence-corrected chi connectivity index (χ2v) is 7.02. The predicted octanol–water partition coefficient (Wildman–Crippen LogP) is 5.07. The molecular formula is C14H6F17N3O4. The van der Waals surface area contributed by atoms with Crippen molar-refractivity contribution in [1.82, 2.24) is 15.0 Å². The Morgan fingerprint density at radius 1 is 0.605 bits per heavy atom. The summed E-state index contributed by atoms with van der Waals surface area (Å²) in [7, 11) is 0. The lowest BCUT2D eigenvalue weighted by atomic mass is 9.88. The van der Waals surface area contributed by atoms with Crippen LogP contribution in [0.15, 0.2) is 0 Å². The van der Waals surface area contributed by atoms with Gasteiger partial charge < -0.3 is 10.2 Å². The van der Waals surface area contributed by atoms with Crippen molar-refractivity contribution in [2.45, 2.75) is 60.6 Å². The number of aromatic carboxylic acids is 2. The second kappa shape index (κ2) is 8.98. The van der Waals surface area contributed by atoms with Gasteiger partial charge in [0.25, 0.3) is 0 Å². The number of aryl methyl sites for hydroxylation is 1. The molecule has 2 N–H and O–H groups in total. The Hall–Kier alpha value is -3.11. The zero-order valence-electron chi connectivity index (χ0n) is 16.9. The van der Waals surface area contributed by atoms with E-state index in [2.05, 4.69) is 10.3 Å². The highest BCUT2D eigenvalue weighted by Crippen LogP contribution is 2.64. The van der Waals surface area contributed by atoms with Gasteiger partial charge in [0.05, 0.1) is 0 Å². The lowest BCUT2D eigenvalue weighted by Crippen LogP contribution is -2.74. The SMILES string of the molecule is O=C(O)c1nnn(CCC(F)(F)C(F)(F)C(F)(F)C(F)(F)C(F)(F)C(F)(F)C(F)(F)C(F)(F)F)c1C(=O)O. The highest BCUT2D eigenvalue weighted by molar-refractivity contribution is 5.98. The van der Waals surface area contributed by atoms with Gasteiger partial charge in [0.1, 0.15) is 0 Å². The molecule has 0 aliphatic carbocycles. The maximum Gasteiger partial charge on any atom is 0.460 e. The molecule has 0 radical (unpaired) electrons. The molecule has 0 atom stereocenters. The van der Waals surface area contributed by atoms with Crippen LogP contribution in [0.1, 0.15) is 27.4 Å². The number of carboxylic acid groups (broad SMARTS) is 2. The van der Waals surface area contributed by atoms with E-state index in [4.69, 9.17) is 10.2 Å². The fraction of sp³-hybridized carbons (Fsp3) is 0.714. The molecule has 0 saturated carbocycles. The van der Waals surface area contributed by atoms with Crippen LogP contribution >= 0.6 is 0 Å². The zero-order chi connectivity index (χ0) is 30.7. The Labute approximate surface area is 194 Å². The van der Waals surface area contributed by atoms with Crippen LogP contribution in [0.2, 0.25) is 0 Å². The van der Waals surface area contributed by atoms with Gasteiger partial charge in [-0.25, -0.2) is 14.3 Å². The number of nitrogens with zero attached hydrogens (tertiary/aromatic N) is 3. The van der Waals surface area contributed by atoms with Crippen molar-refractivity contribution in [3.63, 3.8) is 0 Å². The van der Waals surface area contributed by atoms with E-state index in [1.807, 2.05) is 0 Å². The first-order valence-corrected chi connectivity index (χ1v) is 8.59. The lowest BCUT2D eigenvalue weighted by molar-refractivity contribution is -0.461. The van der Waals surface area contributed by atoms with E-state index in [1.54, 1.807) is 0 Å². The fourth-order valence-electron chi connectivity index (χ4n) is 2.42. The van der Waals surface area contributed by atoms with Crippen molar-refractivity contribution < 1.29 is 94.4 Å². The first-order valence-electron chi connectivity index (χ1n) is 8.59. The average molecular weight is 603 g/mol. The standard InChI is InChI=1S/C14H6F17N3O4/c15-7(16,1-2-34-4(6(37)38)3(5(35)36)32-33-34)8(17,18)9(19,20)10(21,22)11(23,24)12(25,26)13(27,28)14(29,30)31/h1-2H2,(H,35,36)(H,37,38). The molecule has 1 aromatic heterocycles. The third-order valence-corrected chi connectivity index (χ3v) is 4.56. The Bertz CT molecular complexity index is 1080. The topological polar surface area (TPSA) is 105 Å². The molecule has 0 bridgehead atoms. The molecular weight excluding hydrogens is 597 g/mol. The number of carboxylic acids is 2. The van der Waals surface area contributed by atoms with E-state index in [0.29, 0.717) is 0 Å². The van der Waals surface area contributed by atoms with Gasteiger partial charge in [-0.2, -0.15) is 74.6 Å². The maximum absolute atomic E-state index is 13.9.